The number of nitrogens with zero attached hydrogens (tertiary/aromatic N) is 2. The van der Waals surface area contributed by atoms with E-state index in [1.165, 1.54) is 0 Å². The number of aryl methyl sites for hydroxylation is 1. The van der Waals surface area contributed by atoms with Crippen LogP contribution in [-0.4, -0.2) is 35.3 Å². The molecule has 0 aliphatic carbocycles. The average Bonchev–Trinajstić information content (AvgIpc) is 2.84. The number of hydrogen-bond acceptors (Lipinski definition) is 3. The van der Waals surface area contributed by atoms with Gasteiger partial charge in [-0.05, 0) is 36.8 Å². The van der Waals surface area contributed by atoms with Crippen LogP contribution in [0, 0.1) is 12.8 Å². The first-order valence-electron chi connectivity index (χ1n) is 6.83. The fraction of sp³-hybridized carbons (Fsp3) is 0.333. The van der Waals surface area contributed by atoms with Crippen LogP contribution in [0.5, 0.6) is 0 Å². The standard InChI is InChI=1S/C15H18N4O/c1-11-6-18-19(10-11)14-4-2-13(3-5-14)15(20)17-9-12-7-16-8-12/h2-6,10,12,16H,7-9H2,1H3,(H,17,20). The summed E-state index contributed by atoms with van der Waals surface area (Å²) < 4.78 is 1.80. The van der Waals surface area contributed by atoms with Gasteiger partial charge in [-0.2, -0.15) is 5.10 Å². The van der Waals surface area contributed by atoms with E-state index in [1.54, 1.807) is 4.68 Å². The Morgan fingerprint density at radius 3 is 2.70 bits per heavy atom. The van der Waals surface area contributed by atoms with Gasteiger partial charge in [0, 0.05) is 37.3 Å². The monoisotopic (exact) mass is 270 g/mol. The van der Waals surface area contributed by atoms with Gasteiger partial charge >= 0.3 is 0 Å². The minimum Gasteiger partial charge on any atom is -0.352 e. The number of carbonyl (C=O) groups is 1. The second kappa shape index (κ2) is 5.46. The van der Waals surface area contributed by atoms with Crippen LogP contribution in [0.1, 0.15) is 15.9 Å². The van der Waals surface area contributed by atoms with Crippen LogP contribution in [0.15, 0.2) is 36.7 Å². The molecule has 2 N–H and O–H groups in total. The predicted molar refractivity (Wildman–Crippen MR) is 77.0 cm³/mol. The van der Waals surface area contributed by atoms with Crippen molar-refractivity contribution in [1.82, 2.24) is 20.4 Å². The molecule has 1 aliphatic rings. The first-order chi connectivity index (χ1) is 9.72. The molecule has 1 fully saturated rings. The summed E-state index contributed by atoms with van der Waals surface area (Å²) in [5.41, 5.74) is 2.75. The van der Waals surface area contributed by atoms with Crippen LogP contribution in [0.4, 0.5) is 0 Å². The van der Waals surface area contributed by atoms with Crippen LogP contribution >= 0.6 is 0 Å². The minimum atomic E-state index is -0.0138. The Morgan fingerprint density at radius 2 is 2.15 bits per heavy atom. The molecule has 0 atom stereocenters. The van der Waals surface area contributed by atoms with Crippen molar-refractivity contribution in [3.8, 4) is 5.69 Å². The van der Waals surface area contributed by atoms with E-state index in [1.807, 2.05) is 43.6 Å². The minimum absolute atomic E-state index is 0.0138. The second-order valence-electron chi connectivity index (χ2n) is 5.24. The van der Waals surface area contributed by atoms with Gasteiger partial charge in [0.15, 0.2) is 0 Å². The van der Waals surface area contributed by atoms with Crippen LogP contribution in [0.25, 0.3) is 5.69 Å². The van der Waals surface area contributed by atoms with E-state index in [4.69, 9.17) is 0 Å². The quantitative estimate of drug-likeness (QED) is 0.875. The number of nitrogens with one attached hydrogen (secondary N) is 2. The van der Waals surface area contributed by atoms with Gasteiger partial charge in [0.25, 0.3) is 5.91 Å². The third-order valence-electron chi connectivity index (χ3n) is 3.52. The zero-order chi connectivity index (χ0) is 13.9. The normalized spacial score (nSPS) is 14.8. The SMILES string of the molecule is Cc1cnn(-c2ccc(C(=O)NCC3CNC3)cc2)c1. The molecule has 0 radical (unpaired) electrons. The lowest BCUT2D eigenvalue weighted by Crippen LogP contribution is -2.48. The summed E-state index contributed by atoms with van der Waals surface area (Å²) in [5, 5.41) is 10.4. The number of amides is 1. The lowest BCUT2D eigenvalue weighted by molar-refractivity contribution is 0.0942. The molecule has 0 saturated carbocycles. The highest BCUT2D eigenvalue weighted by Gasteiger charge is 2.17. The number of carbonyl (C=O) groups excluding carboxylic acids is 1. The molecule has 1 aromatic heterocycles. The van der Waals surface area contributed by atoms with Crippen molar-refractivity contribution in [3.63, 3.8) is 0 Å². The summed E-state index contributed by atoms with van der Waals surface area (Å²) in [6.07, 6.45) is 3.77. The van der Waals surface area contributed by atoms with Crippen molar-refractivity contribution in [2.75, 3.05) is 19.6 Å². The van der Waals surface area contributed by atoms with Crippen molar-refractivity contribution >= 4 is 5.91 Å². The van der Waals surface area contributed by atoms with Crippen LogP contribution in [0.2, 0.25) is 0 Å². The molecule has 104 valence electrons. The molecule has 3 rings (SSSR count). The molecular formula is C15H18N4O. The van der Waals surface area contributed by atoms with Gasteiger partial charge in [0.05, 0.1) is 11.9 Å². The Hall–Kier alpha value is -2.14. The number of benzene rings is 1. The fourth-order valence-corrected chi connectivity index (χ4v) is 2.15. The van der Waals surface area contributed by atoms with Crippen LogP contribution in [-0.2, 0) is 0 Å². The Morgan fingerprint density at radius 1 is 1.40 bits per heavy atom. The van der Waals surface area contributed by atoms with Gasteiger partial charge in [-0.1, -0.05) is 0 Å². The summed E-state index contributed by atoms with van der Waals surface area (Å²) in [7, 11) is 0. The van der Waals surface area contributed by atoms with E-state index in [2.05, 4.69) is 15.7 Å². The molecule has 0 spiro atoms. The summed E-state index contributed by atoms with van der Waals surface area (Å²) in [6.45, 7) is 4.74. The highest BCUT2D eigenvalue weighted by Crippen LogP contribution is 2.10. The molecule has 5 nitrogen and oxygen atoms in total. The maximum absolute atomic E-state index is 12.0. The van der Waals surface area contributed by atoms with E-state index in [9.17, 15) is 4.79 Å². The van der Waals surface area contributed by atoms with Crippen molar-refractivity contribution < 1.29 is 4.79 Å². The van der Waals surface area contributed by atoms with Crippen molar-refractivity contribution in [2.24, 2.45) is 5.92 Å². The summed E-state index contributed by atoms with van der Waals surface area (Å²) >= 11 is 0. The van der Waals surface area contributed by atoms with E-state index in [-0.39, 0.29) is 5.91 Å². The van der Waals surface area contributed by atoms with E-state index < -0.39 is 0 Å². The smallest absolute Gasteiger partial charge is 0.251 e. The molecule has 0 bridgehead atoms. The van der Waals surface area contributed by atoms with Crippen molar-refractivity contribution in [3.05, 3.63) is 47.8 Å². The summed E-state index contributed by atoms with van der Waals surface area (Å²) in [5.74, 6) is 0.561. The first-order valence-corrected chi connectivity index (χ1v) is 6.83. The molecule has 20 heavy (non-hydrogen) atoms. The molecule has 2 aromatic rings. The van der Waals surface area contributed by atoms with Crippen LogP contribution < -0.4 is 10.6 Å². The zero-order valence-electron chi connectivity index (χ0n) is 11.5. The molecular weight excluding hydrogens is 252 g/mol. The predicted octanol–water partition coefficient (Wildman–Crippen LogP) is 1.13. The third-order valence-corrected chi connectivity index (χ3v) is 3.52. The van der Waals surface area contributed by atoms with Gasteiger partial charge < -0.3 is 10.6 Å². The van der Waals surface area contributed by atoms with Crippen molar-refractivity contribution in [1.29, 1.82) is 0 Å². The first kappa shape index (κ1) is 12.9. The maximum atomic E-state index is 12.0. The Labute approximate surface area is 118 Å². The average molecular weight is 270 g/mol. The Kier molecular flexibility index (Phi) is 3.52. The number of aromatic nitrogens is 2. The van der Waals surface area contributed by atoms with Gasteiger partial charge in [-0.25, -0.2) is 4.68 Å². The molecule has 1 aliphatic heterocycles. The largest absolute Gasteiger partial charge is 0.352 e. The molecule has 5 heteroatoms. The summed E-state index contributed by atoms with van der Waals surface area (Å²) in [4.78, 5) is 12.0. The molecule has 2 heterocycles. The summed E-state index contributed by atoms with van der Waals surface area (Å²) in [6, 6.07) is 7.49. The van der Waals surface area contributed by atoms with Gasteiger partial charge in [-0.3, -0.25) is 4.79 Å². The van der Waals surface area contributed by atoms with Gasteiger partial charge in [0.1, 0.15) is 0 Å². The zero-order valence-corrected chi connectivity index (χ0v) is 11.5. The fourth-order valence-electron chi connectivity index (χ4n) is 2.15. The second-order valence-corrected chi connectivity index (χ2v) is 5.24. The highest BCUT2D eigenvalue weighted by molar-refractivity contribution is 5.94. The van der Waals surface area contributed by atoms with E-state index in [0.717, 1.165) is 30.9 Å². The number of hydrogen-bond donors (Lipinski definition) is 2. The van der Waals surface area contributed by atoms with Gasteiger partial charge in [-0.15, -0.1) is 0 Å². The van der Waals surface area contributed by atoms with E-state index in [0.29, 0.717) is 11.5 Å². The highest BCUT2D eigenvalue weighted by atomic mass is 16.1. The van der Waals surface area contributed by atoms with Gasteiger partial charge in [0.2, 0.25) is 0 Å². The molecule has 1 aromatic carbocycles. The third kappa shape index (κ3) is 2.72. The number of rotatable bonds is 4. The Bertz CT molecular complexity index is 599. The molecule has 0 unspecified atom stereocenters. The lowest BCUT2D eigenvalue weighted by atomic mass is 10.0. The topological polar surface area (TPSA) is 59.0 Å². The maximum Gasteiger partial charge on any atom is 0.251 e. The molecule has 1 amide bonds. The van der Waals surface area contributed by atoms with Crippen LogP contribution in [0.3, 0.4) is 0 Å². The van der Waals surface area contributed by atoms with Crippen molar-refractivity contribution in [2.45, 2.75) is 6.92 Å². The van der Waals surface area contributed by atoms with E-state index >= 15 is 0 Å². The molecule has 1 saturated heterocycles. The lowest BCUT2D eigenvalue weighted by Gasteiger charge is -2.27. The Balaban J connectivity index is 1.64.